The highest BCUT2D eigenvalue weighted by atomic mass is 16.6. The van der Waals surface area contributed by atoms with Crippen LogP contribution in [0.1, 0.15) is 6.42 Å². The molecule has 96 valence electrons. The molecule has 5 nitrogen and oxygen atoms in total. The lowest BCUT2D eigenvalue weighted by Gasteiger charge is -2.20. The number of carbonyl (C=O) groups excluding carboxylic acids is 2. The molecule has 0 aliphatic heterocycles. The monoisotopic (exact) mass is 248 g/mol. The van der Waals surface area contributed by atoms with E-state index in [2.05, 4.69) is 11.3 Å². The molecule has 0 fully saturated rings. The highest BCUT2D eigenvalue weighted by Gasteiger charge is 2.18. The molecule has 0 unspecified atom stereocenters. The molecule has 0 aromatic heterocycles. The summed E-state index contributed by atoms with van der Waals surface area (Å²) in [5.41, 5.74) is 5.76. The number of esters is 1. The van der Waals surface area contributed by atoms with Crippen molar-refractivity contribution in [3.8, 4) is 0 Å². The molecule has 1 aromatic rings. The zero-order valence-corrected chi connectivity index (χ0v) is 10.0. The Morgan fingerprint density at radius 2 is 2.00 bits per heavy atom. The second-order valence-corrected chi connectivity index (χ2v) is 3.51. The maximum Gasteiger partial charge on any atom is 0.422 e. The molecule has 1 rings (SSSR count). The molecule has 18 heavy (non-hydrogen) atoms. The minimum absolute atomic E-state index is 0.324. The van der Waals surface area contributed by atoms with E-state index < -0.39 is 12.1 Å². The molecule has 2 N–H and O–H groups in total. The quantitative estimate of drug-likeness (QED) is 0.489. The molecule has 0 heterocycles. The van der Waals surface area contributed by atoms with Gasteiger partial charge in [0, 0.05) is 12.2 Å². The number of hydrogen-bond acceptors (Lipinski definition) is 4. The molecule has 0 saturated heterocycles. The third-order valence-electron chi connectivity index (χ3n) is 2.21. The van der Waals surface area contributed by atoms with Crippen LogP contribution in [0.15, 0.2) is 43.0 Å². The van der Waals surface area contributed by atoms with Gasteiger partial charge in [0.2, 0.25) is 0 Å². The Balaban J connectivity index is 2.81. The predicted molar refractivity (Wildman–Crippen MR) is 69.1 cm³/mol. The number of nitrogens with two attached hydrogens (primary N) is 1. The summed E-state index contributed by atoms with van der Waals surface area (Å²) in [4.78, 5) is 24.2. The number of benzene rings is 1. The van der Waals surface area contributed by atoms with Crippen molar-refractivity contribution in [2.45, 2.75) is 6.42 Å². The highest BCUT2D eigenvalue weighted by Crippen LogP contribution is 2.15. The van der Waals surface area contributed by atoms with E-state index in [-0.39, 0.29) is 6.54 Å². The lowest BCUT2D eigenvalue weighted by molar-refractivity contribution is -0.135. The van der Waals surface area contributed by atoms with Crippen molar-refractivity contribution < 1.29 is 14.3 Å². The largest absolute Gasteiger partial charge is 0.422 e. The van der Waals surface area contributed by atoms with Gasteiger partial charge in [-0.2, -0.15) is 0 Å². The maximum atomic E-state index is 11.8. The molecule has 0 saturated carbocycles. The van der Waals surface area contributed by atoms with Crippen molar-refractivity contribution in [2.75, 3.05) is 18.0 Å². The lowest BCUT2D eigenvalue weighted by Crippen LogP contribution is -2.35. The standard InChI is InChI=1S/C13H16N2O3/c1-2-3-9-15(11-7-5-4-6-8-11)13(17)18-12(16)10-14/h2,4-8H,1,3,9-10,14H2. The number of para-hydroxylation sites is 1. The molecule has 0 radical (unpaired) electrons. The van der Waals surface area contributed by atoms with Crippen LogP contribution in [-0.2, 0) is 9.53 Å². The van der Waals surface area contributed by atoms with Crippen molar-refractivity contribution in [1.82, 2.24) is 0 Å². The summed E-state index contributed by atoms with van der Waals surface area (Å²) < 4.78 is 4.60. The summed E-state index contributed by atoms with van der Waals surface area (Å²) >= 11 is 0. The van der Waals surface area contributed by atoms with Gasteiger partial charge in [0.1, 0.15) is 0 Å². The average Bonchev–Trinajstić information content (AvgIpc) is 2.40. The second kappa shape index (κ2) is 7.24. The van der Waals surface area contributed by atoms with Crippen LogP contribution in [0, 0.1) is 0 Å². The average molecular weight is 248 g/mol. The van der Waals surface area contributed by atoms with Crippen molar-refractivity contribution in [2.24, 2.45) is 5.73 Å². The van der Waals surface area contributed by atoms with E-state index in [1.54, 1.807) is 30.3 Å². The van der Waals surface area contributed by atoms with Gasteiger partial charge in [0.15, 0.2) is 0 Å². The van der Waals surface area contributed by atoms with E-state index in [0.29, 0.717) is 18.7 Å². The van der Waals surface area contributed by atoms with Gasteiger partial charge >= 0.3 is 12.1 Å². The third kappa shape index (κ3) is 4.03. The van der Waals surface area contributed by atoms with E-state index in [1.165, 1.54) is 4.90 Å². The molecule has 0 bridgehead atoms. The Morgan fingerprint density at radius 1 is 1.33 bits per heavy atom. The Hall–Kier alpha value is -2.14. The fraction of sp³-hybridized carbons (Fsp3) is 0.231. The van der Waals surface area contributed by atoms with Gasteiger partial charge in [-0.05, 0) is 18.6 Å². The number of anilines is 1. The van der Waals surface area contributed by atoms with E-state index in [9.17, 15) is 9.59 Å². The summed E-state index contributed by atoms with van der Waals surface area (Å²) in [5, 5.41) is 0. The van der Waals surface area contributed by atoms with Crippen molar-refractivity contribution in [3.05, 3.63) is 43.0 Å². The highest BCUT2D eigenvalue weighted by molar-refractivity contribution is 5.95. The first kappa shape index (κ1) is 13.9. The fourth-order valence-electron chi connectivity index (χ4n) is 1.35. The number of hydrogen-bond donors (Lipinski definition) is 1. The van der Waals surface area contributed by atoms with Gasteiger partial charge in [-0.3, -0.25) is 9.69 Å². The van der Waals surface area contributed by atoms with E-state index >= 15 is 0 Å². The van der Waals surface area contributed by atoms with Crippen LogP contribution >= 0.6 is 0 Å². The summed E-state index contributed by atoms with van der Waals surface area (Å²) in [6.45, 7) is 3.67. The Bertz CT molecular complexity index is 418. The Labute approximate surface area is 106 Å². The summed E-state index contributed by atoms with van der Waals surface area (Å²) in [6.07, 6.45) is 1.56. The van der Waals surface area contributed by atoms with E-state index in [1.807, 2.05) is 6.07 Å². The summed E-state index contributed by atoms with van der Waals surface area (Å²) in [6, 6.07) is 8.96. The van der Waals surface area contributed by atoms with Gasteiger partial charge in [-0.1, -0.05) is 24.3 Å². The second-order valence-electron chi connectivity index (χ2n) is 3.51. The van der Waals surface area contributed by atoms with Gasteiger partial charge in [-0.15, -0.1) is 6.58 Å². The number of carbonyl (C=O) groups is 2. The normalized spacial score (nSPS) is 9.61. The molecule has 0 spiro atoms. The van der Waals surface area contributed by atoms with Crippen LogP contribution in [0.2, 0.25) is 0 Å². The SMILES string of the molecule is C=CCCN(C(=O)OC(=O)CN)c1ccccc1. The Kier molecular flexibility index (Phi) is 5.60. The Morgan fingerprint density at radius 3 is 2.56 bits per heavy atom. The molecule has 0 aliphatic rings. The topological polar surface area (TPSA) is 72.6 Å². The van der Waals surface area contributed by atoms with Crippen LogP contribution in [0.5, 0.6) is 0 Å². The summed E-state index contributed by atoms with van der Waals surface area (Å²) in [7, 11) is 0. The smallest absolute Gasteiger partial charge is 0.375 e. The van der Waals surface area contributed by atoms with Gasteiger partial charge in [0.05, 0.1) is 6.54 Å². The minimum atomic E-state index is -0.750. The zero-order chi connectivity index (χ0) is 13.4. The number of amides is 1. The minimum Gasteiger partial charge on any atom is -0.375 e. The number of rotatable bonds is 5. The van der Waals surface area contributed by atoms with Crippen molar-refractivity contribution in [1.29, 1.82) is 0 Å². The first-order valence-electron chi connectivity index (χ1n) is 5.57. The fourth-order valence-corrected chi connectivity index (χ4v) is 1.35. The number of nitrogens with zero attached hydrogens (tertiary/aromatic N) is 1. The molecular formula is C13H16N2O3. The molecule has 1 aromatic carbocycles. The van der Waals surface area contributed by atoms with Crippen LogP contribution in [0.4, 0.5) is 10.5 Å². The van der Waals surface area contributed by atoms with Crippen LogP contribution < -0.4 is 10.6 Å². The third-order valence-corrected chi connectivity index (χ3v) is 2.21. The predicted octanol–water partition coefficient (Wildman–Crippen LogP) is 1.69. The van der Waals surface area contributed by atoms with Crippen molar-refractivity contribution in [3.63, 3.8) is 0 Å². The van der Waals surface area contributed by atoms with E-state index in [0.717, 1.165) is 0 Å². The molecule has 0 aliphatic carbocycles. The first-order chi connectivity index (χ1) is 8.69. The molecular weight excluding hydrogens is 232 g/mol. The lowest BCUT2D eigenvalue weighted by atomic mass is 10.3. The van der Waals surface area contributed by atoms with Gasteiger partial charge < -0.3 is 10.5 Å². The molecule has 0 atom stereocenters. The van der Waals surface area contributed by atoms with Crippen LogP contribution in [-0.4, -0.2) is 25.2 Å². The van der Waals surface area contributed by atoms with Gasteiger partial charge in [0.25, 0.3) is 0 Å². The summed E-state index contributed by atoms with van der Waals surface area (Å²) in [5.74, 6) is -0.750. The molecule has 1 amide bonds. The van der Waals surface area contributed by atoms with Crippen LogP contribution in [0.25, 0.3) is 0 Å². The molecule has 5 heteroatoms. The number of ether oxygens (including phenoxy) is 1. The first-order valence-corrected chi connectivity index (χ1v) is 5.57. The van der Waals surface area contributed by atoms with Gasteiger partial charge in [-0.25, -0.2) is 4.79 Å². The van der Waals surface area contributed by atoms with E-state index in [4.69, 9.17) is 5.73 Å². The van der Waals surface area contributed by atoms with Crippen LogP contribution in [0.3, 0.4) is 0 Å². The maximum absolute atomic E-state index is 11.8. The van der Waals surface area contributed by atoms with Crippen molar-refractivity contribution >= 4 is 17.7 Å². The zero-order valence-electron chi connectivity index (χ0n) is 10.0.